The summed E-state index contributed by atoms with van der Waals surface area (Å²) in [7, 11) is 0. The maximum absolute atomic E-state index is 13.0. The molecule has 2 aromatic heterocycles. The van der Waals surface area contributed by atoms with Crippen molar-refractivity contribution in [2.24, 2.45) is 5.41 Å². The van der Waals surface area contributed by atoms with Crippen LogP contribution in [-0.4, -0.2) is 46.2 Å². The van der Waals surface area contributed by atoms with Crippen LogP contribution in [0.25, 0.3) is 0 Å². The van der Waals surface area contributed by atoms with E-state index < -0.39 is 0 Å². The summed E-state index contributed by atoms with van der Waals surface area (Å²) < 4.78 is 0. The molecular formula is C19H21N3O2S. The monoisotopic (exact) mass is 355 g/mol. The van der Waals surface area contributed by atoms with E-state index >= 15 is 0 Å². The summed E-state index contributed by atoms with van der Waals surface area (Å²) in [6, 6.07) is 9.73. The van der Waals surface area contributed by atoms with Crippen LogP contribution in [0.15, 0.2) is 41.9 Å². The minimum Gasteiger partial charge on any atom is -0.341 e. The van der Waals surface area contributed by atoms with Crippen molar-refractivity contribution in [3.05, 3.63) is 52.5 Å². The lowest BCUT2D eigenvalue weighted by molar-refractivity contribution is -0.136. The Morgan fingerprint density at radius 2 is 2.08 bits per heavy atom. The minimum atomic E-state index is -0.375. The van der Waals surface area contributed by atoms with E-state index in [1.807, 2.05) is 45.5 Å². The largest absolute Gasteiger partial charge is 0.341 e. The number of likely N-dealkylation sites (tertiary alicyclic amines) is 2. The molecule has 4 rings (SSSR count). The molecule has 5 nitrogen and oxygen atoms in total. The summed E-state index contributed by atoms with van der Waals surface area (Å²) in [5.41, 5.74) is 0.538. The Balaban J connectivity index is 1.40. The topological polar surface area (TPSA) is 53.5 Å². The zero-order valence-corrected chi connectivity index (χ0v) is 14.9. The van der Waals surface area contributed by atoms with E-state index in [1.54, 1.807) is 17.5 Å². The zero-order chi connectivity index (χ0) is 17.3. The summed E-state index contributed by atoms with van der Waals surface area (Å²) in [5.74, 6) is 0.319. The fourth-order valence-corrected chi connectivity index (χ4v) is 4.56. The standard InChI is InChI=1S/C19H21N3O2S/c23-17(12-16-5-3-11-25-16)22-10-7-19(14-22)6-9-21(18(19)24)13-15-4-1-2-8-20-15/h1-5,8,11H,6-7,9-10,12-14H2. The molecule has 2 aliphatic heterocycles. The Labute approximate surface area is 151 Å². The number of nitrogens with zero attached hydrogens (tertiary/aromatic N) is 3. The first-order valence-electron chi connectivity index (χ1n) is 8.66. The van der Waals surface area contributed by atoms with E-state index in [0.717, 1.165) is 30.0 Å². The maximum Gasteiger partial charge on any atom is 0.231 e. The number of aromatic nitrogens is 1. The number of hydrogen-bond donors (Lipinski definition) is 0. The van der Waals surface area contributed by atoms with Crippen molar-refractivity contribution in [3.8, 4) is 0 Å². The predicted octanol–water partition coefficient (Wildman–Crippen LogP) is 2.34. The lowest BCUT2D eigenvalue weighted by Crippen LogP contribution is -2.38. The number of amides is 2. The van der Waals surface area contributed by atoms with Gasteiger partial charge in [-0.05, 0) is 36.4 Å². The number of carbonyl (C=O) groups is 2. The third kappa shape index (κ3) is 3.18. The van der Waals surface area contributed by atoms with Gasteiger partial charge in [-0.2, -0.15) is 0 Å². The van der Waals surface area contributed by atoms with Gasteiger partial charge < -0.3 is 9.80 Å². The fourth-order valence-electron chi connectivity index (χ4n) is 3.87. The molecule has 0 radical (unpaired) electrons. The van der Waals surface area contributed by atoms with Gasteiger partial charge in [-0.15, -0.1) is 11.3 Å². The molecule has 2 aliphatic rings. The average Bonchev–Trinajstić information content (AvgIpc) is 3.34. The van der Waals surface area contributed by atoms with E-state index in [1.165, 1.54) is 0 Å². The molecule has 6 heteroatoms. The molecule has 2 fully saturated rings. The van der Waals surface area contributed by atoms with Gasteiger partial charge in [0.05, 0.1) is 24.1 Å². The van der Waals surface area contributed by atoms with Crippen LogP contribution >= 0.6 is 11.3 Å². The molecule has 0 saturated carbocycles. The smallest absolute Gasteiger partial charge is 0.231 e. The summed E-state index contributed by atoms with van der Waals surface area (Å²) >= 11 is 1.61. The van der Waals surface area contributed by atoms with E-state index in [-0.39, 0.29) is 17.2 Å². The highest BCUT2D eigenvalue weighted by molar-refractivity contribution is 7.10. The molecule has 25 heavy (non-hydrogen) atoms. The summed E-state index contributed by atoms with van der Waals surface area (Å²) in [6.45, 7) is 2.56. The van der Waals surface area contributed by atoms with Gasteiger partial charge in [0.25, 0.3) is 0 Å². The van der Waals surface area contributed by atoms with Crippen molar-refractivity contribution >= 4 is 23.2 Å². The number of pyridine rings is 1. The van der Waals surface area contributed by atoms with Crippen molar-refractivity contribution in [2.45, 2.75) is 25.8 Å². The molecule has 1 spiro atoms. The van der Waals surface area contributed by atoms with Gasteiger partial charge in [0.15, 0.2) is 0 Å². The van der Waals surface area contributed by atoms with Gasteiger partial charge in [0, 0.05) is 30.7 Å². The first-order valence-corrected chi connectivity index (χ1v) is 9.54. The second kappa shape index (κ2) is 6.59. The van der Waals surface area contributed by atoms with Gasteiger partial charge in [-0.25, -0.2) is 0 Å². The van der Waals surface area contributed by atoms with Crippen LogP contribution in [0.1, 0.15) is 23.4 Å². The van der Waals surface area contributed by atoms with Crippen LogP contribution in [0.3, 0.4) is 0 Å². The molecule has 1 unspecified atom stereocenters. The lowest BCUT2D eigenvalue weighted by Gasteiger charge is -2.23. The molecule has 0 N–H and O–H groups in total. The van der Waals surface area contributed by atoms with E-state index in [9.17, 15) is 9.59 Å². The van der Waals surface area contributed by atoms with Gasteiger partial charge in [-0.1, -0.05) is 12.1 Å². The van der Waals surface area contributed by atoms with Gasteiger partial charge >= 0.3 is 0 Å². The molecule has 2 amide bonds. The maximum atomic E-state index is 13.0. The van der Waals surface area contributed by atoms with Crippen LogP contribution < -0.4 is 0 Å². The van der Waals surface area contributed by atoms with Crippen LogP contribution in [0.5, 0.6) is 0 Å². The molecule has 4 heterocycles. The Bertz CT molecular complexity index is 762. The highest BCUT2D eigenvalue weighted by Gasteiger charge is 2.51. The summed E-state index contributed by atoms with van der Waals surface area (Å²) in [5, 5.41) is 1.99. The van der Waals surface area contributed by atoms with Crippen molar-refractivity contribution in [1.82, 2.24) is 14.8 Å². The molecule has 2 saturated heterocycles. The number of carbonyl (C=O) groups excluding carboxylic acids is 2. The van der Waals surface area contributed by atoms with Crippen LogP contribution in [0.2, 0.25) is 0 Å². The Morgan fingerprint density at radius 3 is 2.84 bits per heavy atom. The quantitative estimate of drug-likeness (QED) is 0.846. The van der Waals surface area contributed by atoms with Crippen LogP contribution in [-0.2, 0) is 22.6 Å². The molecule has 1 atom stereocenters. The first kappa shape index (κ1) is 16.3. The normalized spacial score (nSPS) is 23.0. The fraction of sp³-hybridized carbons (Fsp3) is 0.421. The third-order valence-electron chi connectivity index (χ3n) is 5.29. The van der Waals surface area contributed by atoms with Crippen molar-refractivity contribution < 1.29 is 9.59 Å². The van der Waals surface area contributed by atoms with Crippen molar-refractivity contribution in [1.29, 1.82) is 0 Å². The Hall–Kier alpha value is -2.21. The van der Waals surface area contributed by atoms with E-state index in [4.69, 9.17) is 0 Å². The molecule has 0 bridgehead atoms. The van der Waals surface area contributed by atoms with E-state index in [2.05, 4.69) is 4.98 Å². The second-order valence-corrected chi connectivity index (χ2v) is 7.93. The number of rotatable bonds is 4. The summed E-state index contributed by atoms with van der Waals surface area (Å²) in [4.78, 5) is 34.7. The Kier molecular flexibility index (Phi) is 4.29. The van der Waals surface area contributed by atoms with Gasteiger partial charge in [-0.3, -0.25) is 14.6 Å². The van der Waals surface area contributed by atoms with Crippen LogP contribution in [0, 0.1) is 5.41 Å². The SMILES string of the molecule is O=C(Cc1cccs1)N1CCC2(CCN(Cc3ccccn3)C2=O)C1. The van der Waals surface area contributed by atoms with Crippen molar-refractivity contribution in [2.75, 3.05) is 19.6 Å². The molecule has 130 valence electrons. The highest BCUT2D eigenvalue weighted by atomic mass is 32.1. The summed E-state index contributed by atoms with van der Waals surface area (Å²) in [6.07, 6.45) is 3.81. The second-order valence-electron chi connectivity index (χ2n) is 6.90. The molecule has 0 aromatic carbocycles. The molecular weight excluding hydrogens is 334 g/mol. The predicted molar refractivity (Wildman–Crippen MR) is 95.9 cm³/mol. The average molecular weight is 355 g/mol. The Morgan fingerprint density at radius 1 is 1.20 bits per heavy atom. The highest BCUT2D eigenvalue weighted by Crippen LogP contribution is 2.41. The number of thiophene rings is 1. The van der Waals surface area contributed by atoms with Gasteiger partial charge in [0.1, 0.15) is 0 Å². The van der Waals surface area contributed by atoms with Crippen LogP contribution in [0.4, 0.5) is 0 Å². The van der Waals surface area contributed by atoms with E-state index in [0.29, 0.717) is 26.1 Å². The number of hydrogen-bond acceptors (Lipinski definition) is 4. The molecule has 0 aliphatic carbocycles. The first-order chi connectivity index (χ1) is 12.2. The molecule has 2 aromatic rings. The lowest BCUT2D eigenvalue weighted by atomic mass is 9.85. The minimum absolute atomic E-state index is 0.135. The zero-order valence-electron chi connectivity index (χ0n) is 14.1. The van der Waals surface area contributed by atoms with Gasteiger partial charge in [0.2, 0.25) is 11.8 Å². The third-order valence-corrected chi connectivity index (χ3v) is 6.17. The van der Waals surface area contributed by atoms with Crippen molar-refractivity contribution in [3.63, 3.8) is 0 Å².